The molecule has 1 aliphatic heterocycles. The predicted molar refractivity (Wildman–Crippen MR) is 141 cm³/mol. The Hall–Kier alpha value is -1.33. The molecule has 10 heteroatoms. The van der Waals surface area contributed by atoms with Crippen LogP contribution in [0, 0.1) is 0 Å². The second-order valence-corrected chi connectivity index (χ2v) is 12.8. The first-order valence-electron chi connectivity index (χ1n) is 11.0. The van der Waals surface area contributed by atoms with Crippen LogP contribution >= 0.6 is 39.0 Å². The van der Waals surface area contributed by atoms with Gasteiger partial charge in [0.1, 0.15) is 10.6 Å². The van der Waals surface area contributed by atoms with Gasteiger partial charge in [0.25, 0.3) is 0 Å². The lowest BCUT2D eigenvalue weighted by Crippen LogP contribution is -2.25. The number of benzene rings is 1. The number of sulfonamides is 1. The van der Waals surface area contributed by atoms with E-state index in [-0.39, 0.29) is 4.90 Å². The smallest absolute Gasteiger partial charge is 0.245 e. The molecule has 0 fully saturated rings. The van der Waals surface area contributed by atoms with Gasteiger partial charge in [-0.15, -0.1) is 11.3 Å². The number of ether oxygens (including phenoxy) is 1. The van der Waals surface area contributed by atoms with Gasteiger partial charge in [0, 0.05) is 33.6 Å². The second kappa shape index (κ2) is 11.4. The SMILES string of the molecule is COc1cccc(Br)c1S(=O)(=O)NCCCCCNc1nc2c(s1)CCSC1C=CC=CC21. The van der Waals surface area contributed by atoms with Gasteiger partial charge in [0.15, 0.2) is 5.13 Å². The number of allylic oxidation sites excluding steroid dienone is 3. The van der Waals surface area contributed by atoms with Gasteiger partial charge in [-0.2, -0.15) is 11.8 Å². The van der Waals surface area contributed by atoms with E-state index in [1.807, 2.05) is 11.8 Å². The molecule has 2 aromatic rings. The van der Waals surface area contributed by atoms with Gasteiger partial charge in [0.05, 0.1) is 12.8 Å². The molecule has 0 amide bonds. The van der Waals surface area contributed by atoms with Gasteiger partial charge in [-0.3, -0.25) is 0 Å². The molecule has 6 nitrogen and oxygen atoms in total. The van der Waals surface area contributed by atoms with E-state index in [1.54, 1.807) is 29.5 Å². The fraction of sp³-hybridized carbons (Fsp3) is 0.435. The first-order chi connectivity index (χ1) is 16.0. The molecule has 2 N–H and O–H groups in total. The van der Waals surface area contributed by atoms with Gasteiger partial charge in [0.2, 0.25) is 10.0 Å². The van der Waals surface area contributed by atoms with Crippen molar-refractivity contribution in [2.75, 3.05) is 31.3 Å². The lowest BCUT2D eigenvalue weighted by Gasteiger charge is -2.20. The number of unbranched alkanes of at least 4 members (excludes halogenated alkanes) is 2. The molecule has 0 spiro atoms. The second-order valence-electron chi connectivity index (χ2n) is 7.86. The van der Waals surface area contributed by atoms with Gasteiger partial charge in [-0.1, -0.05) is 36.8 Å². The lowest BCUT2D eigenvalue weighted by atomic mass is 9.95. The summed E-state index contributed by atoms with van der Waals surface area (Å²) in [6.07, 6.45) is 12.5. The number of rotatable bonds is 10. The van der Waals surface area contributed by atoms with Crippen LogP contribution < -0.4 is 14.8 Å². The molecular formula is C23H28BrN3O3S3. The lowest BCUT2D eigenvalue weighted by molar-refractivity contribution is 0.401. The zero-order valence-electron chi connectivity index (χ0n) is 18.4. The van der Waals surface area contributed by atoms with Gasteiger partial charge in [-0.05, 0) is 53.1 Å². The number of fused-ring (bicyclic) bond motifs is 3. The number of aromatic nitrogens is 1. The Kier molecular flexibility index (Phi) is 8.56. The topological polar surface area (TPSA) is 80.3 Å². The summed E-state index contributed by atoms with van der Waals surface area (Å²) < 4.78 is 33.7. The summed E-state index contributed by atoms with van der Waals surface area (Å²) in [5, 5.41) is 4.96. The Balaban J connectivity index is 1.21. The van der Waals surface area contributed by atoms with Crippen LogP contribution in [0.3, 0.4) is 0 Å². The Labute approximate surface area is 212 Å². The van der Waals surface area contributed by atoms with E-state index in [0.29, 0.717) is 27.9 Å². The third-order valence-electron chi connectivity index (χ3n) is 5.61. The van der Waals surface area contributed by atoms with Crippen LogP contribution in [0.15, 0.2) is 51.9 Å². The van der Waals surface area contributed by atoms with Crippen LogP contribution in [-0.2, 0) is 16.4 Å². The van der Waals surface area contributed by atoms with Crippen LogP contribution in [0.5, 0.6) is 5.75 Å². The molecule has 1 aliphatic carbocycles. The van der Waals surface area contributed by atoms with Crippen LogP contribution in [0.2, 0.25) is 0 Å². The quantitative estimate of drug-likeness (QED) is 0.376. The number of thiazole rings is 1. The Morgan fingerprint density at radius 3 is 2.85 bits per heavy atom. The van der Waals surface area contributed by atoms with Crippen LogP contribution in [-0.4, -0.2) is 44.6 Å². The van der Waals surface area contributed by atoms with Crippen LogP contribution in [0.25, 0.3) is 0 Å². The number of methoxy groups -OCH3 is 1. The molecule has 0 saturated heterocycles. The summed E-state index contributed by atoms with van der Waals surface area (Å²) in [6, 6.07) is 5.08. The molecule has 2 heterocycles. The average molecular weight is 571 g/mol. The van der Waals surface area contributed by atoms with Crippen molar-refractivity contribution in [3.63, 3.8) is 0 Å². The molecule has 0 radical (unpaired) electrons. The Bertz CT molecular complexity index is 1130. The zero-order chi connectivity index (χ0) is 23.3. The Morgan fingerprint density at radius 1 is 1.18 bits per heavy atom. The van der Waals surface area contributed by atoms with E-state index < -0.39 is 10.0 Å². The maximum atomic E-state index is 12.7. The van der Waals surface area contributed by atoms with E-state index in [4.69, 9.17) is 9.72 Å². The molecule has 178 valence electrons. The minimum atomic E-state index is -3.64. The molecule has 0 saturated carbocycles. The average Bonchev–Trinajstić information content (AvgIpc) is 3.12. The van der Waals surface area contributed by atoms with E-state index in [1.165, 1.54) is 17.7 Å². The molecular weight excluding hydrogens is 542 g/mol. The van der Waals surface area contributed by atoms with E-state index in [9.17, 15) is 8.42 Å². The van der Waals surface area contributed by atoms with Crippen molar-refractivity contribution in [2.24, 2.45) is 0 Å². The summed E-state index contributed by atoms with van der Waals surface area (Å²) in [6.45, 7) is 1.22. The summed E-state index contributed by atoms with van der Waals surface area (Å²) in [5.74, 6) is 1.84. The number of hydrogen-bond donors (Lipinski definition) is 2. The van der Waals surface area contributed by atoms with Crippen molar-refractivity contribution >= 4 is 54.2 Å². The third kappa shape index (κ3) is 6.03. The first-order valence-corrected chi connectivity index (χ1v) is 15.2. The summed E-state index contributed by atoms with van der Waals surface area (Å²) in [4.78, 5) is 6.46. The van der Waals surface area contributed by atoms with Crippen LogP contribution in [0.4, 0.5) is 5.13 Å². The fourth-order valence-electron chi connectivity index (χ4n) is 3.97. The minimum Gasteiger partial charge on any atom is -0.495 e. The number of nitrogens with one attached hydrogen (secondary N) is 2. The molecule has 1 aromatic heterocycles. The number of anilines is 1. The number of thioether (sulfide) groups is 1. The molecule has 2 aliphatic rings. The summed E-state index contributed by atoms with van der Waals surface area (Å²) in [5.41, 5.74) is 1.23. The number of hydrogen-bond acceptors (Lipinski definition) is 7. The predicted octanol–water partition coefficient (Wildman–Crippen LogP) is 5.34. The summed E-state index contributed by atoms with van der Waals surface area (Å²) in [7, 11) is -2.18. The number of nitrogens with zero attached hydrogens (tertiary/aromatic N) is 1. The maximum absolute atomic E-state index is 12.7. The van der Waals surface area contributed by atoms with E-state index in [2.05, 4.69) is 50.3 Å². The van der Waals surface area contributed by atoms with Crippen molar-refractivity contribution in [2.45, 2.75) is 41.7 Å². The largest absolute Gasteiger partial charge is 0.495 e. The molecule has 33 heavy (non-hydrogen) atoms. The third-order valence-corrected chi connectivity index (χ3v) is 10.4. The molecule has 4 rings (SSSR count). The van der Waals surface area contributed by atoms with Gasteiger partial charge >= 0.3 is 0 Å². The monoisotopic (exact) mass is 569 g/mol. The van der Waals surface area contributed by atoms with Crippen molar-refractivity contribution < 1.29 is 13.2 Å². The fourth-order valence-corrected chi connectivity index (χ4v) is 8.65. The van der Waals surface area contributed by atoms with E-state index >= 15 is 0 Å². The summed E-state index contributed by atoms with van der Waals surface area (Å²) >= 11 is 7.11. The van der Waals surface area contributed by atoms with Crippen molar-refractivity contribution in [1.29, 1.82) is 0 Å². The minimum absolute atomic E-state index is 0.140. The first kappa shape index (κ1) is 24.8. The normalized spacial score (nSPS) is 19.6. The number of halogens is 1. The maximum Gasteiger partial charge on any atom is 0.245 e. The van der Waals surface area contributed by atoms with Crippen LogP contribution in [0.1, 0.15) is 35.8 Å². The number of aryl methyl sites for hydroxylation is 1. The Morgan fingerprint density at radius 2 is 2.00 bits per heavy atom. The molecule has 2 atom stereocenters. The van der Waals surface area contributed by atoms with E-state index in [0.717, 1.165) is 43.1 Å². The van der Waals surface area contributed by atoms with Crippen molar-refractivity contribution in [1.82, 2.24) is 9.71 Å². The highest BCUT2D eigenvalue weighted by Crippen LogP contribution is 2.41. The zero-order valence-corrected chi connectivity index (χ0v) is 22.5. The van der Waals surface area contributed by atoms with Gasteiger partial charge < -0.3 is 10.1 Å². The molecule has 0 bridgehead atoms. The standard InChI is InChI=1S/C23H28BrN3O3S3/c1-30-18-10-7-9-17(24)22(18)33(28,29)26-14-6-2-5-13-25-23-27-21-16-8-3-4-11-19(16)31-15-12-20(21)32-23/h3-4,7-11,16,19,26H,2,5-6,12-15H2,1H3,(H,25,27). The molecule has 2 unspecified atom stereocenters. The van der Waals surface area contributed by atoms with Crippen molar-refractivity contribution in [3.8, 4) is 5.75 Å². The highest BCUT2D eigenvalue weighted by atomic mass is 79.9. The van der Waals surface area contributed by atoms with Crippen molar-refractivity contribution in [3.05, 3.63) is 57.5 Å². The highest BCUT2D eigenvalue weighted by molar-refractivity contribution is 9.10. The van der Waals surface area contributed by atoms with Gasteiger partial charge in [-0.25, -0.2) is 18.1 Å². The molecule has 1 aromatic carbocycles. The highest BCUT2D eigenvalue weighted by Gasteiger charge is 2.29.